The van der Waals surface area contributed by atoms with Crippen LogP contribution in [0.2, 0.25) is 0 Å². The van der Waals surface area contributed by atoms with Crippen molar-refractivity contribution in [2.24, 2.45) is 5.73 Å². The summed E-state index contributed by atoms with van der Waals surface area (Å²) in [5, 5.41) is 2.39. The molecule has 0 bridgehead atoms. The van der Waals surface area contributed by atoms with Gasteiger partial charge in [-0.2, -0.15) is 0 Å². The standard InChI is InChI=1S/C12H16N2O4.C5H11N/c1-14-12(15)18-11(7-13)8-2-3-9-10(6-8)17-5-4-16-9;1-6-4-2-3-5-6/h2-3,6,11H,4-5,7,13H2,1H3,(H,14,15);2-5H2,1H3. The van der Waals surface area contributed by atoms with E-state index in [2.05, 4.69) is 17.3 Å². The van der Waals surface area contributed by atoms with E-state index in [1.807, 2.05) is 6.07 Å². The van der Waals surface area contributed by atoms with Gasteiger partial charge in [-0.05, 0) is 50.7 Å². The molecule has 2 heterocycles. The van der Waals surface area contributed by atoms with Crippen LogP contribution < -0.4 is 20.5 Å². The quantitative estimate of drug-likeness (QED) is 0.870. The Labute approximate surface area is 143 Å². The number of amides is 1. The second kappa shape index (κ2) is 9.34. The molecule has 3 N–H and O–H groups in total. The molecular formula is C17H27N3O4. The zero-order valence-electron chi connectivity index (χ0n) is 14.4. The minimum absolute atomic E-state index is 0.201. The van der Waals surface area contributed by atoms with Crippen molar-refractivity contribution in [1.82, 2.24) is 10.2 Å². The minimum atomic E-state index is -0.514. The van der Waals surface area contributed by atoms with Crippen LogP contribution in [0.1, 0.15) is 24.5 Å². The first-order chi connectivity index (χ1) is 11.6. The summed E-state index contributed by atoms with van der Waals surface area (Å²) in [5.74, 6) is 1.35. The third kappa shape index (κ3) is 5.28. The lowest BCUT2D eigenvalue weighted by Gasteiger charge is -2.21. The largest absolute Gasteiger partial charge is 0.486 e. The smallest absolute Gasteiger partial charge is 0.407 e. The van der Waals surface area contributed by atoms with Crippen LogP contribution in [0.15, 0.2) is 18.2 Å². The molecule has 0 aromatic heterocycles. The number of hydrogen-bond acceptors (Lipinski definition) is 6. The lowest BCUT2D eigenvalue weighted by molar-refractivity contribution is 0.103. The number of carbonyl (C=O) groups excluding carboxylic acids is 1. The number of hydrogen-bond donors (Lipinski definition) is 2. The molecule has 2 aliphatic rings. The number of alkyl carbamates (subject to hydrolysis) is 1. The molecular weight excluding hydrogens is 310 g/mol. The van der Waals surface area contributed by atoms with Crippen LogP contribution in [0.3, 0.4) is 0 Å². The summed E-state index contributed by atoms with van der Waals surface area (Å²) < 4.78 is 16.0. The Morgan fingerprint density at radius 1 is 1.29 bits per heavy atom. The van der Waals surface area contributed by atoms with Gasteiger partial charge in [0.25, 0.3) is 0 Å². The predicted octanol–water partition coefficient (Wildman–Crippen LogP) is 1.53. The van der Waals surface area contributed by atoms with Crippen LogP contribution in [0.4, 0.5) is 4.79 Å². The molecule has 0 saturated carbocycles. The molecule has 7 heteroatoms. The summed E-state index contributed by atoms with van der Waals surface area (Å²) in [5.41, 5.74) is 6.39. The maximum Gasteiger partial charge on any atom is 0.407 e. The van der Waals surface area contributed by atoms with Gasteiger partial charge in [0.15, 0.2) is 11.5 Å². The molecule has 1 fully saturated rings. The maximum atomic E-state index is 11.2. The highest BCUT2D eigenvalue weighted by atomic mass is 16.6. The van der Waals surface area contributed by atoms with Crippen LogP contribution in [-0.4, -0.2) is 57.9 Å². The van der Waals surface area contributed by atoms with Gasteiger partial charge in [0.1, 0.15) is 19.3 Å². The molecule has 24 heavy (non-hydrogen) atoms. The molecule has 1 aromatic carbocycles. The van der Waals surface area contributed by atoms with Crippen molar-refractivity contribution in [3.63, 3.8) is 0 Å². The Bertz CT molecular complexity index is 533. The van der Waals surface area contributed by atoms with Gasteiger partial charge >= 0.3 is 6.09 Å². The summed E-state index contributed by atoms with van der Waals surface area (Å²) in [6.45, 7) is 3.90. The van der Waals surface area contributed by atoms with Crippen molar-refractivity contribution >= 4 is 6.09 Å². The number of nitrogens with zero attached hydrogens (tertiary/aromatic N) is 1. The summed E-state index contributed by atoms with van der Waals surface area (Å²) in [7, 11) is 3.67. The van der Waals surface area contributed by atoms with Crippen molar-refractivity contribution in [1.29, 1.82) is 0 Å². The first-order valence-corrected chi connectivity index (χ1v) is 8.30. The van der Waals surface area contributed by atoms with Gasteiger partial charge in [0, 0.05) is 13.6 Å². The number of nitrogens with two attached hydrogens (primary N) is 1. The van der Waals surface area contributed by atoms with E-state index in [-0.39, 0.29) is 6.54 Å². The Hall–Kier alpha value is -1.99. The number of nitrogens with one attached hydrogen (secondary N) is 1. The monoisotopic (exact) mass is 337 g/mol. The van der Waals surface area contributed by atoms with Crippen molar-refractivity contribution < 1.29 is 19.0 Å². The van der Waals surface area contributed by atoms with Gasteiger partial charge < -0.3 is 30.2 Å². The highest BCUT2D eigenvalue weighted by Gasteiger charge is 2.18. The Morgan fingerprint density at radius 3 is 2.50 bits per heavy atom. The molecule has 1 atom stereocenters. The fourth-order valence-electron chi connectivity index (χ4n) is 2.58. The van der Waals surface area contributed by atoms with E-state index >= 15 is 0 Å². The Kier molecular flexibility index (Phi) is 7.14. The highest BCUT2D eigenvalue weighted by molar-refractivity contribution is 5.67. The van der Waals surface area contributed by atoms with Gasteiger partial charge in [-0.1, -0.05) is 6.07 Å². The summed E-state index contributed by atoms with van der Waals surface area (Å²) >= 11 is 0. The van der Waals surface area contributed by atoms with Gasteiger partial charge in [0.2, 0.25) is 0 Å². The van der Waals surface area contributed by atoms with E-state index in [4.69, 9.17) is 19.9 Å². The fourth-order valence-corrected chi connectivity index (χ4v) is 2.58. The van der Waals surface area contributed by atoms with Gasteiger partial charge in [-0.3, -0.25) is 0 Å². The number of ether oxygens (including phenoxy) is 3. The first kappa shape index (κ1) is 18.4. The zero-order chi connectivity index (χ0) is 17.4. The van der Waals surface area contributed by atoms with Crippen LogP contribution >= 0.6 is 0 Å². The first-order valence-electron chi connectivity index (χ1n) is 8.30. The van der Waals surface area contributed by atoms with Crippen LogP contribution in [0.5, 0.6) is 11.5 Å². The van der Waals surface area contributed by atoms with E-state index in [1.165, 1.54) is 33.0 Å². The summed E-state index contributed by atoms with van der Waals surface area (Å²) in [6.07, 6.45) is 1.81. The SMILES string of the molecule is CN1CCCC1.CNC(=O)OC(CN)c1ccc2c(c1)OCCO2. The van der Waals surface area contributed by atoms with Crippen LogP contribution in [0.25, 0.3) is 0 Å². The average molecular weight is 337 g/mol. The number of rotatable bonds is 3. The summed E-state index contributed by atoms with van der Waals surface area (Å²) in [4.78, 5) is 13.6. The third-order valence-electron chi connectivity index (χ3n) is 3.94. The van der Waals surface area contributed by atoms with E-state index in [9.17, 15) is 4.79 Å². The third-order valence-corrected chi connectivity index (χ3v) is 3.94. The molecule has 2 aliphatic heterocycles. The second-order valence-corrected chi connectivity index (χ2v) is 5.79. The topological polar surface area (TPSA) is 86.1 Å². The average Bonchev–Trinajstić information content (AvgIpc) is 3.10. The molecule has 7 nitrogen and oxygen atoms in total. The fraction of sp³-hybridized carbons (Fsp3) is 0.588. The lowest BCUT2D eigenvalue weighted by atomic mass is 10.1. The molecule has 3 rings (SSSR count). The van der Waals surface area contributed by atoms with Crippen molar-refractivity contribution in [2.45, 2.75) is 18.9 Å². The van der Waals surface area contributed by atoms with Gasteiger partial charge in [0.05, 0.1) is 0 Å². The molecule has 1 unspecified atom stereocenters. The number of likely N-dealkylation sites (tertiary alicyclic amines) is 1. The predicted molar refractivity (Wildman–Crippen MR) is 91.5 cm³/mol. The van der Waals surface area contributed by atoms with Crippen molar-refractivity contribution in [2.75, 3.05) is 46.9 Å². The molecule has 0 radical (unpaired) electrons. The minimum Gasteiger partial charge on any atom is -0.486 e. The van der Waals surface area contributed by atoms with E-state index in [0.29, 0.717) is 24.7 Å². The van der Waals surface area contributed by atoms with Crippen molar-refractivity contribution in [3.8, 4) is 11.5 Å². The molecule has 0 spiro atoms. The second-order valence-electron chi connectivity index (χ2n) is 5.79. The maximum absolute atomic E-state index is 11.2. The Balaban J connectivity index is 0.000000292. The number of carbonyl (C=O) groups is 1. The molecule has 1 amide bonds. The molecule has 0 aliphatic carbocycles. The molecule has 134 valence electrons. The normalized spacial score (nSPS) is 17.5. The van der Waals surface area contributed by atoms with E-state index in [1.54, 1.807) is 12.1 Å². The van der Waals surface area contributed by atoms with Crippen LogP contribution in [0, 0.1) is 0 Å². The summed E-state index contributed by atoms with van der Waals surface area (Å²) in [6, 6.07) is 5.39. The van der Waals surface area contributed by atoms with Crippen LogP contribution in [-0.2, 0) is 4.74 Å². The van der Waals surface area contributed by atoms with E-state index < -0.39 is 12.2 Å². The van der Waals surface area contributed by atoms with E-state index in [0.717, 1.165) is 5.56 Å². The number of benzene rings is 1. The molecule has 1 saturated heterocycles. The zero-order valence-corrected chi connectivity index (χ0v) is 14.4. The van der Waals surface area contributed by atoms with Gasteiger partial charge in [-0.15, -0.1) is 0 Å². The Morgan fingerprint density at radius 2 is 1.96 bits per heavy atom. The van der Waals surface area contributed by atoms with Gasteiger partial charge in [-0.25, -0.2) is 4.79 Å². The molecule has 1 aromatic rings. The van der Waals surface area contributed by atoms with Crippen molar-refractivity contribution in [3.05, 3.63) is 23.8 Å². The number of fused-ring (bicyclic) bond motifs is 1. The lowest BCUT2D eigenvalue weighted by Crippen LogP contribution is -2.26. The highest BCUT2D eigenvalue weighted by Crippen LogP contribution is 2.33.